The minimum atomic E-state index is -0.786. The quantitative estimate of drug-likeness (QED) is 0.638. The van der Waals surface area contributed by atoms with E-state index in [4.69, 9.17) is 4.74 Å². The van der Waals surface area contributed by atoms with E-state index in [2.05, 4.69) is 16.0 Å². The van der Waals surface area contributed by atoms with E-state index in [0.29, 0.717) is 16.8 Å². The second-order valence-corrected chi connectivity index (χ2v) is 6.84. The number of carbonyl (C=O) groups is 2. The van der Waals surface area contributed by atoms with Crippen molar-refractivity contribution in [2.45, 2.75) is 26.4 Å². The van der Waals surface area contributed by atoms with E-state index in [1.807, 2.05) is 12.1 Å². The molecule has 3 aromatic rings. The molecule has 0 fully saturated rings. The van der Waals surface area contributed by atoms with Crippen LogP contribution in [-0.2, 0) is 4.74 Å². The number of rotatable bonds is 1. The van der Waals surface area contributed by atoms with Gasteiger partial charge in [0.25, 0.3) is 0 Å². The van der Waals surface area contributed by atoms with Crippen LogP contribution >= 0.6 is 0 Å². The third-order valence-corrected chi connectivity index (χ3v) is 3.57. The van der Waals surface area contributed by atoms with Gasteiger partial charge in [-0.1, -0.05) is 18.2 Å². The highest BCUT2D eigenvalue weighted by Crippen LogP contribution is 2.27. The third-order valence-electron chi connectivity index (χ3n) is 3.57. The van der Waals surface area contributed by atoms with Crippen LogP contribution in [-0.4, -0.2) is 27.5 Å². The van der Waals surface area contributed by atoms with Crippen molar-refractivity contribution in [2.24, 2.45) is 0 Å². The highest BCUT2D eigenvalue weighted by Gasteiger charge is 2.19. The highest BCUT2D eigenvalue weighted by atomic mass is 19.1. The van der Waals surface area contributed by atoms with Crippen LogP contribution in [0.15, 0.2) is 48.5 Å². The van der Waals surface area contributed by atoms with Crippen LogP contribution in [0, 0.1) is 5.82 Å². The summed E-state index contributed by atoms with van der Waals surface area (Å²) >= 11 is 0. The van der Waals surface area contributed by atoms with Crippen LogP contribution in [0.5, 0.6) is 0 Å². The maximum Gasteiger partial charge on any atom is 0.426 e. The second kappa shape index (κ2) is 7.06. The number of halogens is 1. The van der Waals surface area contributed by atoms with Crippen LogP contribution in [0.25, 0.3) is 22.2 Å². The predicted molar refractivity (Wildman–Crippen MR) is 98.4 cm³/mol. The largest absolute Gasteiger partial charge is 0.443 e. The number of nitrogens with zero attached hydrogens (tertiary/aromatic N) is 2. The molecule has 1 aromatic heterocycles. The van der Waals surface area contributed by atoms with Gasteiger partial charge >= 0.3 is 12.1 Å². The smallest absolute Gasteiger partial charge is 0.426 e. The van der Waals surface area contributed by atoms with E-state index >= 15 is 0 Å². The van der Waals surface area contributed by atoms with Gasteiger partial charge in [-0.05, 0) is 51.1 Å². The molecule has 0 aliphatic rings. The zero-order valence-corrected chi connectivity index (χ0v) is 15.1. The molecule has 0 saturated heterocycles. The number of hydrogen-bond donors (Lipinski definition) is 2. The molecule has 2 amide bonds. The van der Waals surface area contributed by atoms with Crippen LogP contribution in [0.1, 0.15) is 20.8 Å². The van der Waals surface area contributed by atoms with E-state index in [0.717, 1.165) is 10.1 Å². The Balaban J connectivity index is 1.87. The van der Waals surface area contributed by atoms with Gasteiger partial charge in [0.1, 0.15) is 17.1 Å². The van der Waals surface area contributed by atoms with Crippen molar-refractivity contribution in [3.8, 4) is 11.3 Å². The lowest BCUT2D eigenvalue weighted by atomic mass is 10.1. The van der Waals surface area contributed by atoms with Gasteiger partial charge in [0.15, 0.2) is 0 Å². The summed E-state index contributed by atoms with van der Waals surface area (Å²) < 4.78 is 19.4. The molecule has 0 unspecified atom stereocenters. The monoisotopic (exact) mass is 370 g/mol. The summed E-state index contributed by atoms with van der Waals surface area (Å²) in [6.45, 7) is 5.14. The molecule has 140 valence electrons. The number of aromatic nitrogens is 2. The number of ether oxygens (including phenoxy) is 1. The average molecular weight is 370 g/mol. The standard InChI is InChI=1S/C19H19FN4O3/c1-19(2,3)27-18(26)22-21-17(25)24-15-7-5-4-6-14(15)16(23-24)12-8-10-13(20)11-9-12/h4-11H,1-3H3,(H,21,25)(H,22,26). The summed E-state index contributed by atoms with van der Waals surface area (Å²) in [6.07, 6.45) is -0.786. The van der Waals surface area contributed by atoms with Crippen LogP contribution in [0.3, 0.4) is 0 Å². The average Bonchev–Trinajstić information content (AvgIpc) is 2.99. The number of nitrogens with one attached hydrogen (secondary N) is 2. The molecule has 0 aliphatic heterocycles. The molecule has 0 saturated carbocycles. The Morgan fingerprint density at radius 3 is 2.37 bits per heavy atom. The Morgan fingerprint density at radius 1 is 1.04 bits per heavy atom. The number of para-hydroxylation sites is 1. The van der Waals surface area contributed by atoms with Gasteiger partial charge < -0.3 is 4.74 Å². The first-order valence-electron chi connectivity index (χ1n) is 8.28. The zero-order valence-electron chi connectivity index (χ0n) is 15.1. The molecule has 8 heteroatoms. The van der Waals surface area contributed by atoms with Crippen LogP contribution in [0.4, 0.5) is 14.0 Å². The van der Waals surface area contributed by atoms with Crippen molar-refractivity contribution >= 4 is 23.0 Å². The normalized spacial score (nSPS) is 11.3. The van der Waals surface area contributed by atoms with Crippen molar-refractivity contribution in [2.75, 3.05) is 0 Å². The Hall–Kier alpha value is -3.42. The Bertz CT molecular complexity index is 990. The topological polar surface area (TPSA) is 85.3 Å². The molecule has 0 bridgehead atoms. The van der Waals surface area contributed by atoms with Gasteiger partial charge in [-0.2, -0.15) is 9.78 Å². The van der Waals surface area contributed by atoms with Gasteiger partial charge in [0.05, 0.1) is 5.52 Å². The molecule has 3 rings (SSSR count). The summed E-state index contributed by atoms with van der Waals surface area (Å²) in [6, 6.07) is 12.3. The Labute approximate surface area is 155 Å². The number of fused-ring (bicyclic) bond motifs is 1. The lowest BCUT2D eigenvalue weighted by Crippen LogP contribution is -2.46. The first-order valence-corrected chi connectivity index (χ1v) is 8.28. The summed E-state index contributed by atoms with van der Waals surface area (Å²) in [4.78, 5) is 24.2. The Kier molecular flexibility index (Phi) is 4.81. The molecule has 27 heavy (non-hydrogen) atoms. The third kappa shape index (κ3) is 4.22. The molecule has 0 aliphatic carbocycles. The van der Waals surface area contributed by atoms with Gasteiger partial charge in [-0.3, -0.25) is 0 Å². The first kappa shape index (κ1) is 18.4. The lowest BCUT2D eigenvalue weighted by molar-refractivity contribution is 0.0505. The number of hydrazine groups is 1. The molecule has 2 aromatic carbocycles. The molecule has 0 spiro atoms. The first-order chi connectivity index (χ1) is 12.7. The summed E-state index contributed by atoms with van der Waals surface area (Å²) in [7, 11) is 0. The zero-order chi connectivity index (χ0) is 19.6. The van der Waals surface area contributed by atoms with Gasteiger partial charge in [0, 0.05) is 10.9 Å². The van der Waals surface area contributed by atoms with Crippen molar-refractivity contribution in [3.63, 3.8) is 0 Å². The van der Waals surface area contributed by atoms with E-state index in [9.17, 15) is 14.0 Å². The fraction of sp³-hybridized carbons (Fsp3) is 0.211. The maximum absolute atomic E-state index is 13.2. The highest BCUT2D eigenvalue weighted by molar-refractivity contribution is 5.98. The molecular weight excluding hydrogens is 351 g/mol. The van der Waals surface area contributed by atoms with E-state index in [1.165, 1.54) is 12.1 Å². The van der Waals surface area contributed by atoms with E-state index in [1.54, 1.807) is 45.0 Å². The maximum atomic E-state index is 13.2. The van der Waals surface area contributed by atoms with E-state index < -0.39 is 17.7 Å². The van der Waals surface area contributed by atoms with Crippen molar-refractivity contribution < 1.29 is 18.7 Å². The van der Waals surface area contributed by atoms with Crippen molar-refractivity contribution in [3.05, 3.63) is 54.3 Å². The van der Waals surface area contributed by atoms with Gasteiger partial charge in [0.2, 0.25) is 0 Å². The van der Waals surface area contributed by atoms with Gasteiger partial charge in [-0.25, -0.2) is 24.8 Å². The number of amides is 2. The fourth-order valence-electron chi connectivity index (χ4n) is 2.50. The minimum absolute atomic E-state index is 0.359. The molecule has 7 nitrogen and oxygen atoms in total. The summed E-state index contributed by atoms with van der Waals surface area (Å²) in [5.41, 5.74) is 5.49. The lowest BCUT2D eigenvalue weighted by Gasteiger charge is -2.19. The van der Waals surface area contributed by atoms with Crippen molar-refractivity contribution in [1.82, 2.24) is 20.6 Å². The summed E-state index contributed by atoms with van der Waals surface area (Å²) in [5, 5.41) is 5.05. The fourth-order valence-corrected chi connectivity index (χ4v) is 2.50. The molecule has 0 atom stereocenters. The number of benzene rings is 2. The molecule has 0 radical (unpaired) electrons. The second-order valence-electron chi connectivity index (χ2n) is 6.84. The van der Waals surface area contributed by atoms with Gasteiger partial charge in [-0.15, -0.1) is 0 Å². The van der Waals surface area contributed by atoms with Crippen molar-refractivity contribution in [1.29, 1.82) is 0 Å². The minimum Gasteiger partial charge on any atom is -0.443 e. The van der Waals surface area contributed by atoms with E-state index in [-0.39, 0.29) is 5.82 Å². The van der Waals surface area contributed by atoms with Crippen LogP contribution < -0.4 is 10.9 Å². The summed E-state index contributed by atoms with van der Waals surface area (Å²) in [5.74, 6) is -0.359. The molecule has 2 N–H and O–H groups in total. The number of carbonyl (C=O) groups excluding carboxylic acids is 2. The number of hydrogen-bond acceptors (Lipinski definition) is 4. The van der Waals surface area contributed by atoms with Crippen LogP contribution in [0.2, 0.25) is 0 Å². The SMILES string of the molecule is CC(C)(C)OC(=O)NNC(=O)n1nc(-c2ccc(F)cc2)c2ccccc21. The molecule has 1 heterocycles. The predicted octanol–water partition coefficient (Wildman–Crippen LogP) is 3.84. The Morgan fingerprint density at radius 2 is 1.70 bits per heavy atom. The molecular formula is C19H19FN4O3.